The summed E-state index contributed by atoms with van der Waals surface area (Å²) in [6, 6.07) is 9.39. The Morgan fingerprint density at radius 3 is 2.93 bits per heavy atom. The average Bonchev–Trinajstić information content (AvgIpc) is 2.71. The lowest BCUT2D eigenvalue weighted by atomic mass is 9.70. The van der Waals surface area contributed by atoms with Crippen LogP contribution in [0, 0.1) is 5.41 Å². The maximum atomic E-state index is 12.0. The Morgan fingerprint density at radius 1 is 1.37 bits per heavy atom. The molecule has 1 aliphatic carbocycles. The van der Waals surface area contributed by atoms with Crippen molar-refractivity contribution in [2.24, 2.45) is 5.41 Å². The molecule has 1 atom stereocenters. The summed E-state index contributed by atoms with van der Waals surface area (Å²) < 4.78 is 0. The lowest BCUT2D eigenvalue weighted by Gasteiger charge is -2.35. The molecule has 0 radical (unpaired) electrons. The Labute approximate surface area is 159 Å². The number of benzene rings is 1. The molecule has 1 heterocycles. The molecule has 27 heavy (non-hydrogen) atoms. The van der Waals surface area contributed by atoms with Gasteiger partial charge in [-0.25, -0.2) is 5.48 Å². The van der Waals surface area contributed by atoms with Crippen molar-refractivity contribution in [1.29, 1.82) is 0 Å². The highest BCUT2D eigenvalue weighted by Gasteiger charge is 2.34. The molecule has 6 heteroatoms. The fraction of sp³-hybridized carbons (Fsp3) is 0.381. The number of aromatic nitrogens is 1. The number of nitrogens with zero attached hydrogens (tertiary/aromatic N) is 2. The number of fused-ring (bicyclic) bond motifs is 1. The molecule has 0 saturated heterocycles. The van der Waals surface area contributed by atoms with Gasteiger partial charge in [0.2, 0.25) is 0 Å². The minimum atomic E-state index is -0.531. The lowest BCUT2D eigenvalue weighted by Crippen LogP contribution is -2.35. The van der Waals surface area contributed by atoms with Gasteiger partial charge in [0, 0.05) is 29.9 Å². The van der Waals surface area contributed by atoms with E-state index in [0.717, 1.165) is 49.8 Å². The van der Waals surface area contributed by atoms with Gasteiger partial charge in [0.1, 0.15) is 6.29 Å². The molecule has 0 aliphatic heterocycles. The van der Waals surface area contributed by atoms with Crippen LogP contribution in [-0.4, -0.2) is 40.9 Å². The minimum Gasteiger partial charge on any atom is -0.303 e. The van der Waals surface area contributed by atoms with E-state index in [1.165, 1.54) is 5.56 Å². The van der Waals surface area contributed by atoms with Gasteiger partial charge in [0.25, 0.3) is 5.91 Å². The highest BCUT2D eigenvalue weighted by molar-refractivity contribution is 5.93. The van der Waals surface area contributed by atoms with E-state index in [1.807, 2.05) is 31.4 Å². The van der Waals surface area contributed by atoms with Gasteiger partial charge in [-0.1, -0.05) is 12.1 Å². The third kappa shape index (κ3) is 4.59. The van der Waals surface area contributed by atoms with Gasteiger partial charge >= 0.3 is 0 Å². The monoisotopic (exact) mass is 367 g/mol. The molecular weight excluding hydrogens is 342 g/mol. The first-order valence-electron chi connectivity index (χ1n) is 9.15. The molecule has 2 N–H and O–H groups in total. The van der Waals surface area contributed by atoms with Crippen molar-refractivity contribution >= 4 is 12.2 Å². The molecule has 0 spiro atoms. The smallest absolute Gasteiger partial charge is 0.274 e. The molecule has 3 rings (SSSR count). The summed E-state index contributed by atoms with van der Waals surface area (Å²) in [5, 5.41) is 8.84. The Balaban J connectivity index is 1.67. The Kier molecular flexibility index (Phi) is 5.98. The summed E-state index contributed by atoms with van der Waals surface area (Å²) in [5.41, 5.74) is 5.00. The van der Waals surface area contributed by atoms with Crippen molar-refractivity contribution in [2.45, 2.75) is 32.2 Å². The zero-order valence-corrected chi connectivity index (χ0v) is 15.5. The van der Waals surface area contributed by atoms with Crippen LogP contribution in [0.4, 0.5) is 0 Å². The molecule has 0 saturated carbocycles. The summed E-state index contributed by atoms with van der Waals surface area (Å²) in [6.45, 7) is 1.60. The maximum absolute atomic E-state index is 12.0. The summed E-state index contributed by atoms with van der Waals surface area (Å²) in [7, 11) is 2.05. The van der Waals surface area contributed by atoms with Gasteiger partial charge in [0.15, 0.2) is 0 Å². The first-order valence-corrected chi connectivity index (χ1v) is 9.15. The number of rotatable bonds is 7. The molecule has 0 fully saturated rings. The van der Waals surface area contributed by atoms with Gasteiger partial charge in [-0.2, -0.15) is 0 Å². The van der Waals surface area contributed by atoms with Crippen molar-refractivity contribution in [1.82, 2.24) is 15.4 Å². The first kappa shape index (κ1) is 19.2. The number of hydrogen-bond donors (Lipinski definition) is 2. The number of nitrogens with one attached hydrogen (secondary N) is 1. The van der Waals surface area contributed by atoms with E-state index in [4.69, 9.17) is 5.21 Å². The second kappa shape index (κ2) is 8.41. The largest absolute Gasteiger partial charge is 0.303 e. The van der Waals surface area contributed by atoms with E-state index < -0.39 is 11.3 Å². The van der Waals surface area contributed by atoms with Crippen molar-refractivity contribution in [3.05, 3.63) is 65.0 Å². The van der Waals surface area contributed by atoms with Gasteiger partial charge in [-0.3, -0.25) is 15.0 Å². The standard InChI is InChI=1S/C21H25N3O3/c1-24(14-16-3-2-9-22-13-16)10-8-21(15-25)7-6-17-4-5-18(20(26)23-27)11-19(17)12-21/h2-5,9,11,13,15,27H,6-8,10,12,14H2,1H3,(H,23,26)/t21-/m1/s1. The molecule has 1 aliphatic rings. The van der Waals surface area contributed by atoms with Crippen molar-refractivity contribution in [2.75, 3.05) is 13.6 Å². The number of aryl methyl sites for hydroxylation is 1. The number of hydrogen-bond acceptors (Lipinski definition) is 5. The predicted octanol–water partition coefficient (Wildman–Crippen LogP) is 2.40. The summed E-state index contributed by atoms with van der Waals surface area (Å²) in [5.74, 6) is -0.531. The zero-order valence-electron chi connectivity index (χ0n) is 15.5. The molecule has 0 bridgehead atoms. The van der Waals surface area contributed by atoms with Crippen LogP contribution < -0.4 is 5.48 Å². The Morgan fingerprint density at radius 2 is 2.22 bits per heavy atom. The molecule has 1 aromatic carbocycles. The van der Waals surface area contributed by atoms with E-state index in [9.17, 15) is 9.59 Å². The van der Waals surface area contributed by atoms with E-state index in [0.29, 0.717) is 12.0 Å². The summed E-state index contributed by atoms with van der Waals surface area (Å²) in [4.78, 5) is 30.0. The number of aldehydes is 1. The number of amides is 1. The van der Waals surface area contributed by atoms with E-state index in [1.54, 1.807) is 23.8 Å². The number of carbonyl (C=O) groups is 2. The second-order valence-electron chi connectivity index (χ2n) is 7.43. The Bertz CT molecular complexity index is 810. The normalized spacial score (nSPS) is 18.8. The van der Waals surface area contributed by atoms with Crippen LogP contribution in [0.25, 0.3) is 0 Å². The molecule has 0 unspecified atom stereocenters. The second-order valence-corrected chi connectivity index (χ2v) is 7.43. The van der Waals surface area contributed by atoms with E-state index in [-0.39, 0.29) is 0 Å². The maximum Gasteiger partial charge on any atom is 0.274 e. The first-order chi connectivity index (χ1) is 13.0. The van der Waals surface area contributed by atoms with Crippen LogP contribution in [0.15, 0.2) is 42.7 Å². The van der Waals surface area contributed by atoms with Crippen LogP contribution in [0.3, 0.4) is 0 Å². The van der Waals surface area contributed by atoms with Crippen LogP contribution in [0.1, 0.15) is 39.9 Å². The third-order valence-corrected chi connectivity index (χ3v) is 5.42. The number of pyridine rings is 1. The molecule has 2 aromatic rings. The fourth-order valence-corrected chi connectivity index (χ4v) is 3.76. The lowest BCUT2D eigenvalue weighted by molar-refractivity contribution is -0.117. The minimum absolute atomic E-state index is 0.409. The average molecular weight is 367 g/mol. The quantitative estimate of drug-likeness (QED) is 0.446. The third-order valence-electron chi connectivity index (χ3n) is 5.42. The van der Waals surface area contributed by atoms with Crippen LogP contribution >= 0.6 is 0 Å². The molecule has 142 valence electrons. The predicted molar refractivity (Wildman–Crippen MR) is 101 cm³/mol. The van der Waals surface area contributed by atoms with Crippen molar-refractivity contribution in [3.63, 3.8) is 0 Å². The highest BCUT2D eigenvalue weighted by atomic mass is 16.5. The number of hydroxylamine groups is 1. The van der Waals surface area contributed by atoms with E-state index in [2.05, 4.69) is 9.88 Å². The zero-order chi connectivity index (χ0) is 19.3. The van der Waals surface area contributed by atoms with Gasteiger partial charge in [-0.05, 0) is 74.2 Å². The number of carbonyl (C=O) groups excluding carboxylic acids is 2. The van der Waals surface area contributed by atoms with Gasteiger partial charge in [-0.15, -0.1) is 0 Å². The molecule has 1 amide bonds. The topological polar surface area (TPSA) is 82.5 Å². The van der Waals surface area contributed by atoms with Crippen LogP contribution in [-0.2, 0) is 24.2 Å². The Hall–Kier alpha value is -2.57. The molecular formula is C21H25N3O3. The van der Waals surface area contributed by atoms with Gasteiger partial charge < -0.3 is 9.69 Å². The SMILES string of the molecule is CN(CC[C@]1(C=O)CCc2ccc(C(=O)NO)cc2C1)Cc1cccnc1. The van der Waals surface area contributed by atoms with Gasteiger partial charge in [0.05, 0.1) is 0 Å². The summed E-state index contributed by atoms with van der Waals surface area (Å²) in [6.07, 6.45) is 7.73. The fourth-order valence-electron chi connectivity index (χ4n) is 3.76. The highest BCUT2D eigenvalue weighted by Crippen LogP contribution is 2.37. The summed E-state index contributed by atoms with van der Waals surface area (Å²) >= 11 is 0. The van der Waals surface area contributed by atoms with Crippen molar-refractivity contribution in [3.8, 4) is 0 Å². The van der Waals surface area contributed by atoms with Crippen molar-refractivity contribution < 1.29 is 14.8 Å². The van der Waals surface area contributed by atoms with Crippen LogP contribution in [0.2, 0.25) is 0 Å². The van der Waals surface area contributed by atoms with Crippen LogP contribution in [0.5, 0.6) is 0 Å². The molecule has 6 nitrogen and oxygen atoms in total. The van der Waals surface area contributed by atoms with E-state index >= 15 is 0 Å². The molecule has 1 aromatic heterocycles.